The zero-order valence-corrected chi connectivity index (χ0v) is 16.2. The van der Waals surface area contributed by atoms with Crippen molar-refractivity contribution in [1.29, 1.82) is 0 Å². The molecule has 3 heterocycles. The molecule has 134 valence electrons. The lowest BCUT2D eigenvalue weighted by Gasteiger charge is -2.14. The van der Waals surface area contributed by atoms with Crippen LogP contribution < -0.4 is 5.43 Å². The van der Waals surface area contributed by atoms with Crippen molar-refractivity contribution in [3.8, 4) is 11.3 Å². The van der Waals surface area contributed by atoms with Gasteiger partial charge in [-0.15, -0.1) is 11.3 Å². The van der Waals surface area contributed by atoms with Gasteiger partial charge < -0.3 is 4.42 Å². The van der Waals surface area contributed by atoms with Crippen LogP contribution in [0.4, 0.5) is 0 Å². The summed E-state index contributed by atoms with van der Waals surface area (Å²) in [6.07, 6.45) is 1.63. The highest BCUT2D eigenvalue weighted by atomic mass is 32.2. The molecule has 4 rings (SSSR count). The molecule has 0 atom stereocenters. The standard InChI is InChI=1S/C19H12N2O3S3/c22-17(15-7-4-10-26-15)20-21-18(23)16(27-19(21)25)11-13-8-9-14(24-13)12-5-2-1-3-6-12/h1-11H,(H,20,22). The van der Waals surface area contributed by atoms with Crippen molar-refractivity contribution in [2.24, 2.45) is 0 Å². The summed E-state index contributed by atoms with van der Waals surface area (Å²) < 4.78 is 6.07. The number of hydrogen-bond acceptors (Lipinski definition) is 6. The van der Waals surface area contributed by atoms with E-state index in [1.165, 1.54) is 11.3 Å². The number of rotatable bonds is 4. The summed E-state index contributed by atoms with van der Waals surface area (Å²) in [6, 6.07) is 16.8. The van der Waals surface area contributed by atoms with Gasteiger partial charge in [-0.1, -0.05) is 48.2 Å². The molecule has 2 amide bonds. The second kappa shape index (κ2) is 7.51. The Labute approximate surface area is 168 Å². The van der Waals surface area contributed by atoms with Crippen molar-refractivity contribution in [3.05, 3.63) is 75.5 Å². The van der Waals surface area contributed by atoms with Crippen LogP contribution in [0.2, 0.25) is 0 Å². The summed E-state index contributed by atoms with van der Waals surface area (Å²) in [6.45, 7) is 0. The fourth-order valence-electron chi connectivity index (χ4n) is 2.45. The van der Waals surface area contributed by atoms with E-state index < -0.39 is 0 Å². The quantitative estimate of drug-likeness (QED) is 0.503. The first kappa shape index (κ1) is 17.7. The molecule has 0 aliphatic carbocycles. The third-order valence-corrected chi connectivity index (χ3v) is 5.88. The molecule has 1 N–H and O–H groups in total. The van der Waals surface area contributed by atoms with E-state index in [4.69, 9.17) is 16.6 Å². The number of thiophene rings is 1. The van der Waals surface area contributed by atoms with Crippen molar-refractivity contribution in [1.82, 2.24) is 10.4 Å². The minimum Gasteiger partial charge on any atom is -0.457 e. The number of nitrogens with one attached hydrogen (secondary N) is 1. The summed E-state index contributed by atoms with van der Waals surface area (Å²) in [7, 11) is 0. The van der Waals surface area contributed by atoms with Gasteiger partial charge in [0, 0.05) is 11.6 Å². The van der Waals surface area contributed by atoms with Crippen LogP contribution in [0.1, 0.15) is 15.4 Å². The smallest absolute Gasteiger partial charge is 0.285 e. The van der Waals surface area contributed by atoms with Crippen molar-refractivity contribution in [3.63, 3.8) is 0 Å². The molecule has 5 nitrogen and oxygen atoms in total. The lowest BCUT2D eigenvalue weighted by molar-refractivity contribution is -0.123. The molecule has 0 saturated carbocycles. The number of thioether (sulfide) groups is 1. The highest BCUT2D eigenvalue weighted by Gasteiger charge is 2.34. The highest BCUT2D eigenvalue weighted by molar-refractivity contribution is 8.26. The molecule has 0 bridgehead atoms. The third-order valence-electron chi connectivity index (χ3n) is 3.71. The average Bonchev–Trinajstić information content (AvgIpc) is 3.41. The molecule has 8 heteroatoms. The van der Waals surface area contributed by atoms with Crippen LogP contribution in [-0.4, -0.2) is 21.1 Å². The molecule has 0 spiro atoms. The van der Waals surface area contributed by atoms with Crippen LogP contribution in [0.15, 0.2) is 69.3 Å². The van der Waals surface area contributed by atoms with Crippen LogP contribution in [0.5, 0.6) is 0 Å². The second-order valence-corrected chi connectivity index (χ2v) is 8.13. The molecule has 1 aliphatic rings. The van der Waals surface area contributed by atoms with Gasteiger partial charge in [-0.2, -0.15) is 5.01 Å². The van der Waals surface area contributed by atoms with Gasteiger partial charge in [0.2, 0.25) is 0 Å². The van der Waals surface area contributed by atoms with E-state index in [0.29, 0.717) is 21.3 Å². The number of benzene rings is 1. The van der Waals surface area contributed by atoms with Crippen LogP contribution in [0.25, 0.3) is 17.4 Å². The number of carbonyl (C=O) groups excluding carboxylic acids is 2. The fourth-order valence-corrected chi connectivity index (χ4v) is 4.22. The largest absolute Gasteiger partial charge is 0.457 e. The van der Waals surface area contributed by atoms with Gasteiger partial charge in [-0.05, 0) is 35.8 Å². The molecule has 1 saturated heterocycles. The number of amides is 2. The van der Waals surface area contributed by atoms with Crippen molar-refractivity contribution < 1.29 is 14.0 Å². The summed E-state index contributed by atoms with van der Waals surface area (Å²) >= 11 is 7.64. The minimum absolute atomic E-state index is 0.269. The van der Waals surface area contributed by atoms with Crippen LogP contribution in [0, 0.1) is 0 Å². The number of nitrogens with zero attached hydrogens (tertiary/aromatic N) is 1. The van der Waals surface area contributed by atoms with Crippen molar-refractivity contribution in [2.75, 3.05) is 0 Å². The molecule has 0 radical (unpaired) electrons. The van der Waals surface area contributed by atoms with E-state index in [9.17, 15) is 9.59 Å². The Morgan fingerprint density at radius 1 is 1.11 bits per heavy atom. The zero-order chi connectivity index (χ0) is 18.8. The maximum atomic E-state index is 12.6. The Morgan fingerprint density at radius 3 is 2.67 bits per heavy atom. The van der Waals surface area contributed by atoms with Crippen LogP contribution >= 0.6 is 35.3 Å². The number of hydrogen-bond donors (Lipinski definition) is 1. The lowest BCUT2D eigenvalue weighted by atomic mass is 10.2. The normalized spacial score (nSPS) is 15.6. The Kier molecular flexibility index (Phi) is 4.93. The van der Waals surface area contributed by atoms with E-state index in [1.54, 1.807) is 29.7 Å². The summed E-state index contributed by atoms with van der Waals surface area (Å²) in [5, 5.41) is 2.88. The van der Waals surface area contributed by atoms with Gasteiger partial charge >= 0.3 is 0 Å². The van der Waals surface area contributed by atoms with E-state index in [-0.39, 0.29) is 16.1 Å². The molecule has 2 aromatic heterocycles. The second-order valence-electron chi connectivity index (χ2n) is 5.50. The van der Waals surface area contributed by atoms with E-state index >= 15 is 0 Å². The van der Waals surface area contributed by atoms with Gasteiger partial charge in [0.1, 0.15) is 11.5 Å². The molecule has 1 fully saturated rings. The monoisotopic (exact) mass is 412 g/mol. The van der Waals surface area contributed by atoms with E-state index in [2.05, 4.69) is 5.43 Å². The molecule has 3 aromatic rings. The third kappa shape index (κ3) is 3.73. The average molecular weight is 413 g/mol. The molecule has 27 heavy (non-hydrogen) atoms. The maximum Gasteiger partial charge on any atom is 0.285 e. The van der Waals surface area contributed by atoms with Gasteiger partial charge in [-0.25, -0.2) is 0 Å². The van der Waals surface area contributed by atoms with Crippen LogP contribution in [-0.2, 0) is 4.79 Å². The number of hydrazine groups is 1. The topological polar surface area (TPSA) is 62.6 Å². The Balaban J connectivity index is 1.52. The van der Waals surface area contributed by atoms with Gasteiger partial charge in [0.05, 0.1) is 9.78 Å². The van der Waals surface area contributed by atoms with Crippen LogP contribution in [0.3, 0.4) is 0 Å². The predicted molar refractivity (Wildman–Crippen MR) is 111 cm³/mol. The minimum atomic E-state index is -0.382. The molecular weight excluding hydrogens is 400 g/mol. The number of carbonyl (C=O) groups is 2. The molecular formula is C19H12N2O3S3. The molecule has 1 aromatic carbocycles. The van der Waals surface area contributed by atoms with Gasteiger partial charge in [0.25, 0.3) is 11.8 Å². The first-order chi connectivity index (χ1) is 13.1. The van der Waals surface area contributed by atoms with E-state index in [0.717, 1.165) is 22.3 Å². The zero-order valence-electron chi connectivity index (χ0n) is 13.7. The predicted octanol–water partition coefficient (Wildman–Crippen LogP) is 4.55. The van der Waals surface area contributed by atoms with Gasteiger partial charge in [-0.3, -0.25) is 15.0 Å². The lowest BCUT2D eigenvalue weighted by Crippen LogP contribution is -2.44. The number of thiocarbonyl (C=S) groups is 1. The summed E-state index contributed by atoms with van der Waals surface area (Å²) in [5.41, 5.74) is 3.50. The maximum absolute atomic E-state index is 12.6. The first-order valence-electron chi connectivity index (χ1n) is 7.89. The SMILES string of the molecule is O=C(NN1C(=O)C(=Cc2ccc(-c3ccccc3)o2)SC1=S)c1cccs1. The Morgan fingerprint density at radius 2 is 1.93 bits per heavy atom. The Hall–Kier alpha value is -2.68. The van der Waals surface area contributed by atoms with Gasteiger partial charge in [0.15, 0.2) is 4.32 Å². The summed E-state index contributed by atoms with van der Waals surface area (Å²) in [4.78, 5) is 25.7. The van der Waals surface area contributed by atoms with Crippen molar-refractivity contribution >= 4 is 57.5 Å². The van der Waals surface area contributed by atoms with Crippen molar-refractivity contribution in [2.45, 2.75) is 0 Å². The number of furan rings is 1. The molecule has 0 unspecified atom stereocenters. The summed E-state index contributed by atoms with van der Waals surface area (Å²) in [5.74, 6) is 0.502. The fraction of sp³-hybridized carbons (Fsp3) is 0. The van der Waals surface area contributed by atoms with E-state index in [1.807, 2.05) is 36.4 Å². The Bertz CT molecular complexity index is 1040. The molecule has 1 aliphatic heterocycles. The highest BCUT2D eigenvalue weighted by Crippen LogP contribution is 2.32. The first-order valence-corrected chi connectivity index (χ1v) is 10.00.